The Kier molecular flexibility index (Phi) is 4.17. The summed E-state index contributed by atoms with van der Waals surface area (Å²) >= 11 is 5.58. The molecular formula is C9H11ClFN3O. The summed E-state index contributed by atoms with van der Waals surface area (Å²) < 4.78 is 13.3. The average molecular weight is 232 g/mol. The van der Waals surface area contributed by atoms with Crippen molar-refractivity contribution in [1.82, 2.24) is 0 Å². The van der Waals surface area contributed by atoms with E-state index in [-0.39, 0.29) is 10.9 Å². The summed E-state index contributed by atoms with van der Waals surface area (Å²) in [6.07, 6.45) is 0.322. The maximum atomic E-state index is 13.3. The predicted molar refractivity (Wildman–Crippen MR) is 57.9 cm³/mol. The Balaban J connectivity index is 2.55. The molecule has 0 aliphatic heterocycles. The van der Waals surface area contributed by atoms with Crippen LogP contribution in [0.1, 0.15) is 6.42 Å². The molecule has 0 aromatic heterocycles. The van der Waals surface area contributed by atoms with Crippen molar-refractivity contribution < 1.29 is 9.60 Å². The second kappa shape index (κ2) is 5.41. The first-order valence-electron chi connectivity index (χ1n) is 4.29. The summed E-state index contributed by atoms with van der Waals surface area (Å²) in [6, 6.07) is 4.66. The number of rotatable bonds is 4. The molecule has 4 N–H and O–H groups in total. The molecule has 0 aliphatic carbocycles. The number of hydrogen-bond acceptors (Lipinski definition) is 3. The molecule has 0 fully saturated rings. The standard InChI is InChI=1S/C9H11ClFN3O/c10-6-2-1-3-7(9(6)11)13-5-4-8(12)14-15/h1-3,13,15H,4-5H2,(H2,12,14). The van der Waals surface area contributed by atoms with E-state index in [0.717, 1.165) is 0 Å². The lowest BCUT2D eigenvalue weighted by atomic mass is 10.3. The Morgan fingerprint density at radius 2 is 2.33 bits per heavy atom. The van der Waals surface area contributed by atoms with Gasteiger partial charge in [0.05, 0.1) is 10.7 Å². The van der Waals surface area contributed by atoms with E-state index >= 15 is 0 Å². The number of anilines is 1. The zero-order valence-electron chi connectivity index (χ0n) is 7.87. The van der Waals surface area contributed by atoms with Crippen LogP contribution < -0.4 is 11.1 Å². The Labute approximate surface area is 91.5 Å². The third kappa shape index (κ3) is 3.28. The van der Waals surface area contributed by atoms with Gasteiger partial charge in [-0.25, -0.2) is 4.39 Å². The summed E-state index contributed by atoms with van der Waals surface area (Å²) in [6.45, 7) is 0.368. The van der Waals surface area contributed by atoms with Crippen molar-refractivity contribution in [1.29, 1.82) is 0 Å². The van der Waals surface area contributed by atoms with Crippen molar-refractivity contribution in [2.45, 2.75) is 6.42 Å². The molecule has 0 saturated heterocycles. The fraction of sp³-hybridized carbons (Fsp3) is 0.222. The third-order valence-corrected chi connectivity index (χ3v) is 2.07. The molecule has 6 heteroatoms. The second-order valence-electron chi connectivity index (χ2n) is 2.87. The molecule has 1 aromatic carbocycles. The van der Waals surface area contributed by atoms with E-state index in [0.29, 0.717) is 18.7 Å². The molecule has 0 radical (unpaired) electrons. The number of nitrogens with one attached hydrogen (secondary N) is 1. The van der Waals surface area contributed by atoms with Crippen molar-refractivity contribution >= 4 is 23.1 Å². The Hall–Kier alpha value is -1.49. The van der Waals surface area contributed by atoms with Crippen LogP contribution >= 0.6 is 11.6 Å². The predicted octanol–water partition coefficient (Wildman–Crippen LogP) is 2.03. The summed E-state index contributed by atoms with van der Waals surface area (Å²) in [5.41, 5.74) is 5.54. The first-order chi connectivity index (χ1) is 7.15. The van der Waals surface area contributed by atoms with Gasteiger partial charge in [-0.3, -0.25) is 0 Å². The van der Waals surface area contributed by atoms with Crippen molar-refractivity contribution in [3.63, 3.8) is 0 Å². The van der Waals surface area contributed by atoms with Crippen molar-refractivity contribution in [3.8, 4) is 0 Å². The lowest BCUT2D eigenvalue weighted by Crippen LogP contribution is -2.16. The zero-order valence-corrected chi connectivity index (χ0v) is 8.63. The number of nitrogens with zero attached hydrogens (tertiary/aromatic N) is 1. The van der Waals surface area contributed by atoms with E-state index < -0.39 is 5.82 Å². The van der Waals surface area contributed by atoms with Gasteiger partial charge in [0.1, 0.15) is 5.84 Å². The van der Waals surface area contributed by atoms with Gasteiger partial charge >= 0.3 is 0 Å². The van der Waals surface area contributed by atoms with Crippen molar-refractivity contribution in [2.75, 3.05) is 11.9 Å². The highest BCUT2D eigenvalue weighted by molar-refractivity contribution is 6.31. The van der Waals surface area contributed by atoms with Gasteiger partial charge in [-0.05, 0) is 12.1 Å². The second-order valence-corrected chi connectivity index (χ2v) is 3.28. The minimum absolute atomic E-state index is 0.0591. The molecule has 0 atom stereocenters. The topological polar surface area (TPSA) is 70.6 Å². The molecule has 0 unspecified atom stereocenters. The minimum Gasteiger partial charge on any atom is -0.409 e. The maximum absolute atomic E-state index is 13.3. The fourth-order valence-electron chi connectivity index (χ4n) is 1.02. The minimum atomic E-state index is -0.501. The zero-order chi connectivity index (χ0) is 11.3. The highest BCUT2D eigenvalue weighted by Crippen LogP contribution is 2.21. The molecule has 15 heavy (non-hydrogen) atoms. The van der Waals surface area contributed by atoms with E-state index in [9.17, 15) is 4.39 Å². The molecule has 1 rings (SSSR count). The molecule has 0 aliphatic rings. The molecule has 0 bridgehead atoms. The van der Waals surface area contributed by atoms with Gasteiger partial charge in [0.25, 0.3) is 0 Å². The lowest BCUT2D eigenvalue weighted by Gasteiger charge is -2.07. The van der Waals surface area contributed by atoms with Crippen LogP contribution in [0.2, 0.25) is 5.02 Å². The van der Waals surface area contributed by atoms with Gasteiger partial charge in [0.2, 0.25) is 0 Å². The van der Waals surface area contributed by atoms with Crippen LogP contribution in [0.5, 0.6) is 0 Å². The van der Waals surface area contributed by atoms with Gasteiger partial charge in [-0.1, -0.05) is 22.8 Å². The monoisotopic (exact) mass is 231 g/mol. The molecule has 0 heterocycles. The maximum Gasteiger partial charge on any atom is 0.164 e. The number of halogens is 2. The molecule has 0 saturated carbocycles. The van der Waals surface area contributed by atoms with Gasteiger partial charge in [0.15, 0.2) is 5.82 Å². The normalized spacial score (nSPS) is 11.5. The van der Waals surface area contributed by atoms with Crippen LogP contribution in [0.25, 0.3) is 0 Å². The molecule has 0 spiro atoms. The highest BCUT2D eigenvalue weighted by Gasteiger charge is 2.05. The van der Waals surface area contributed by atoms with Gasteiger partial charge < -0.3 is 16.3 Å². The first kappa shape index (κ1) is 11.6. The van der Waals surface area contributed by atoms with E-state index in [1.54, 1.807) is 12.1 Å². The number of oxime groups is 1. The van der Waals surface area contributed by atoms with Gasteiger partial charge in [-0.15, -0.1) is 0 Å². The van der Waals surface area contributed by atoms with Crippen molar-refractivity contribution in [2.24, 2.45) is 10.9 Å². The number of nitrogens with two attached hydrogens (primary N) is 1. The number of hydrogen-bond donors (Lipinski definition) is 3. The molecule has 82 valence electrons. The Morgan fingerprint density at radius 1 is 1.60 bits per heavy atom. The largest absolute Gasteiger partial charge is 0.409 e. The molecule has 0 amide bonds. The fourth-order valence-corrected chi connectivity index (χ4v) is 1.19. The molecule has 1 aromatic rings. The van der Waals surface area contributed by atoms with Gasteiger partial charge in [0, 0.05) is 13.0 Å². The summed E-state index contributed by atoms with van der Waals surface area (Å²) in [4.78, 5) is 0. The van der Waals surface area contributed by atoms with E-state index in [4.69, 9.17) is 22.5 Å². The third-order valence-electron chi connectivity index (χ3n) is 1.78. The van der Waals surface area contributed by atoms with E-state index in [1.165, 1.54) is 6.07 Å². The van der Waals surface area contributed by atoms with Crippen molar-refractivity contribution in [3.05, 3.63) is 29.0 Å². The quantitative estimate of drug-likeness (QED) is 0.321. The summed E-state index contributed by atoms with van der Waals surface area (Å²) in [5, 5.41) is 13.9. The molecular weight excluding hydrogens is 221 g/mol. The smallest absolute Gasteiger partial charge is 0.164 e. The average Bonchev–Trinajstić information content (AvgIpc) is 2.24. The Morgan fingerprint density at radius 3 is 3.00 bits per heavy atom. The van der Waals surface area contributed by atoms with E-state index in [1.807, 2.05) is 0 Å². The van der Waals surface area contributed by atoms with Crippen LogP contribution in [0.3, 0.4) is 0 Å². The first-order valence-corrected chi connectivity index (χ1v) is 4.67. The lowest BCUT2D eigenvalue weighted by molar-refractivity contribution is 0.317. The van der Waals surface area contributed by atoms with E-state index in [2.05, 4.69) is 10.5 Å². The van der Waals surface area contributed by atoms with Gasteiger partial charge in [-0.2, -0.15) is 0 Å². The van der Waals surface area contributed by atoms with Crippen LogP contribution in [-0.2, 0) is 0 Å². The number of benzene rings is 1. The SMILES string of the molecule is NC(CCNc1cccc(Cl)c1F)=NO. The summed E-state index contributed by atoms with van der Waals surface area (Å²) in [7, 11) is 0. The van der Waals surface area contributed by atoms with Crippen LogP contribution in [0.4, 0.5) is 10.1 Å². The van der Waals surface area contributed by atoms with Crippen LogP contribution in [0.15, 0.2) is 23.4 Å². The Bertz CT molecular complexity index is 370. The highest BCUT2D eigenvalue weighted by atomic mass is 35.5. The molecule has 4 nitrogen and oxygen atoms in total. The van der Waals surface area contributed by atoms with Crippen LogP contribution in [0, 0.1) is 5.82 Å². The summed E-state index contributed by atoms with van der Waals surface area (Å²) in [5.74, 6) is -0.413. The van der Waals surface area contributed by atoms with Crippen LogP contribution in [-0.4, -0.2) is 17.6 Å². The number of amidine groups is 1.